The molecule has 1 aliphatic rings. The first-order chi connectivity index (χ1) is 6.72. The Morgan fingerprint density at radius 1 is 1.43 bits per heavy atom. The predicted molar refractivity (Wildman–Crippen MR) is 58.5 cm³/mol. The van der Waals surface area contributed by atoms with Gasteiger partial charge < -0.3 is 4.74 Å². The van der Waals surface area contributed by atoms with E-state index in [0.29, 0.717) is 12.0 Å². The number of benzene rings is 1. The van der Waals surface area contributed by atoms with Crippen molar-refractivity contribution in [1.29, 1.82) is 0 Å². The Morgan fingerprint density at radius 3 is 2.93 bits per heavy atom. The first-order valence-electron chi connectivity index (χ1n) is 5.43. The van der Waals surface area contributed by atoms with E-state index in [-0.39, 0.29) is 0 Å². The van der Waals surface area contributed by atoms with Crippen molar-refractivity contribution in [2.24, 2.45) is 0 Å². The van der Waals surface area contributed by atoms with E-state index in [9.17, 15) is 0 Å². The summed E-state index contributed by atoms with van der Waals surface area (Å²) in [7, 11) is 0. The minimum absolute atomic E-state index is 0.407. The van der Waals surface area contributed by atoms with Crippen LogP contribution in [-0.4, -0.2) is 6.10 Å². The number of hydrogen-bond donors (Lipinski definition) is 0. The highest BCUT2D eigenvalue weighted by molar-refractivity contribution is 5.35. The van der Waals surface area contributed by atoms with E-state index < -0.39 is 0 Å². The molecule has 0 radical (unpaired) electrons. The average molecular weight is 190 g/mol. The molecule has 1 nitrogen and oxygen atoms in total. The summed E-state index contributed by atoms with van der Waals surface area (Å²) in [6, 6.07) is 6.68. The molecule has 2 atom stereocenters. The van der Waals surface area contributed by atoms with Crippen LogP contribution in [0.4, 0.5) is 0 Å². The van der Waals surface area contributed by atoms with Crippen molar-refractivity contribution >= 4 is 0 Å². The summed E-state index contributed by atoms with van der Waals surface area (Å²) < 4.78 is 5.81. The highest BCUT2D eigenvalue weighted by Crippen LogP contribution is 2.32. The van der Waals surface area contributed by atoms with Gasteiger partial charge in [0.25, 0.3) is 0 Å². The van der Waals surface area contributed by atoms with Crippen LogP contribution in [0.5, 0.6) is 0 Å². The van der Waals surface area contributed by atoms with Gasteiger partial charge in [0.05, 0.1) is 12.7 Å². The smallest absolute Gasteiger partial charge is 0.0723 e. The van der Waals surface area contributed by atoms with Crippen molar-refractivity contribution in [3.05, 3.63) is 34.9 Å². The van der Waals surface area contributed by atoms with E-state index in [2.05, 4.69) is 39.0 Å². The Balaban J connectivity index is 2.38. The zero-order valence-electron chi connectivity index (χ0n) is 9.21. The third-order valence-corrected chi connectivity index (χ3v) is 3.20. The lowest BCUT2D eigenvalue weighted by molar-refractivity contribution is 0.00955. The number of hydrogen-bond acceptors (Lipinski definition) is 1. The molecule has 0 aliphatic carbocycles. The summed E-state index contributed by atoms with van der Waals surface area (Å²) in [6.45, 7) is 7.41. The Kier molecular flexibility index (Phi) is 2.60. The quantitative estimate of drug-likeness (QED) is 0.659. The Bertz CT molecular complexity index is 330. The fraction of sp³-hybridized carbons (Fsp3) is 0.538. The van der Waals surface area contributed by atoms with Crippen LogP contribution in [0.25, 0.3) is 0 Å². The van der Waals surface area contributed by atoms with Crippen LogP contribution in [-0.2, 0) is 11.3 Å². The fourth-order valence-corrected chi connectivity index (χ4v) is 2.28. The molecule has 0 saturated carbocycles. The second-order valence-electron chi connectivity index (χ2n) is 4.25. The minimum atomic E-state index is 0.407. The maximum absolute atomic E-state index is 5.81. The van der Waals surface area contributed by atoms with E-state index in [1.54, 1.807) is 0 Å². The van der Waals surface area contributed by atoms with Gasteiger partial charge in [-0.15, -0.1) is 0 Å². The van der Waals surface area contributed by atoms with E-state index in [1.807, 2.05) is 0 Å². The largest absolute Gasteiger partial charge is 0.373 e. The third-order valence-electron chi connectivity index (χ3n) is 3.20. The first kappa shape index (κ1) is 9.72. The van der Waals surface area contributed by atoms with Crippen LogP contribution >= 0.6 is 0 Å². The van der Waals surface area contributed by atoms with Crippen molar-refractivity contribution in [3.8, 4) is 0 Å². The predicted octanol–water partition coefficient (Wildman–Crippen LogP) is 3.41. The second kappa shape index (κ2) is 3.74. The Hall–Kier alpha value is -0.820. The highest BCUT2D eigenvalue weighted by Gasteiger charge is 2.25. The zero-order valence-corrected chi connectivity index (χ0v) is 9.21. The van der Waals surface area contributed by atoms with Crippen LogP contribution in [0.2, 0.25) is 0 Å². The van der Waals surface area contributed by atoms with Crippen molar-refractivity contribution in [1.82, 2.24) is 0 Å². The topological polar surface area (TPSA) is 9.23 Å². The fourth-order valence-electron chi connectivity index (χ4n) is 2.28. The molecule has 1 aromatic carbocycles. The van der Waals surface area contributed by atoms with Gasteiger partial charge in [-0.2, -0.15) is 0 Å². The second-order valence-corrected chi connectivity index (χ2v) is 4.25. The van der Waals surface area contributed by atoms with Gasteiger partial charge >= 0.3 is 0 Å². The van der Waals surface area contributed by atoms with Crippen LogP contribution in [0.15, 0.2) is 18.2 Å². The van der Waals surface area contributed by atoms with Gasteiger partial charge in [-0.25, -0.2) is 0 Å². The van der Waals surface area contributed by atoms with Crippen molar-refractivity contribution in [2.75, 3.05) is 0 Å². The molecule has 1 aliphatic heterocycles. The normalized spacial score (nSPS) is 25.9. The molecule has 0 amide bonds. The van der Waals surface area contributed by atoms with Crippen LogP contribution in [0, 0.1) is 6.92 Å². The van der Waals surface area contributed by atoms with Crippen molar-refractivity contribution in [2.45, 2.75) is 45.8 Å². The lowest BCUT2D eigenvalue weighted by Gasteiger charge is -2.31. The molecule has 0 saturated heterocycles. The Labute approximate surface area is 86.1 Å². The summed E-state index contributed by atoms with van der Waals surface area (Å²) in [5, 5.41) is 0. The van der Waals surface area contributed by atoms with Gasteiger partial charge in [-0.1, -0.05) is 37.6 Å². The molecule has 0 N–H and O–H groups in total. The molecule has 0 bridgehead atoms. The van der Waals surface area contributed by atoms with Crippen LogP contribution < -0.4 is 0 Å². The number of fused-ring (bicyclic) bond motifs is 1. The molecular formula is C13H18O. The molecule has 1 unspecified atom stereocenters. The van der Waals surface area contributed by atoms with Crippen LogP contribution in [0.3, 0.4) is 0 Å². The first-order valence-corrected chi connectivity index (χ1v) is 5.43. The van der Waals surface area contributed by atoms with Gasteiger partial charge in [0.1, 0.15) is 0 Å². The summed E-state index contributed by atoms with van der Waals surface area (Å²) in [5.74, 6) is 0.545. The average Bonchev–Trinajstić information content (AvgIpc) is 2.20. The van der Waals surface area contributed by atoms with E-state index in [4.69, 9.17) is 4.74 Å². The molecule has 14 heavy (non-hydrogen) atoms. The summed E-state index contributed by atoms with van der Waals surface area (Å²) in [5.41, 5.74) is 4.21. The van der Waals surface area contributed by atoms with Crippen LogP contribution in [0.1, 0.15) is 42.9 Å². The molecule has 0 aromatic heterocycles. The SMILES string of the molecule is CCC1OCc2ccc(C)cc2[C@@H]1C. The Morgan fingerprint density at radius 2 is 2.21 bits per heavy atom. The van der Waals surface area contributed by atoms with E-state index in [0.717, 1.165) is 13.0 Å². The number of aryl methyl sites for hydroxylation is 1. The minimum Gasteiger partial charge on any atom is -0.373 e. The maximum atomic E-state index is 5.81. The lowest BCUT2D eigenvalue weighted by Crippen LogP contribution is -2.25. The molecular weight excluding hydrogens is 172 g/mol. The summed E-state index contributed by atoms with van der Waals surface area (Å²) in [4.78, 5) is 0. The van der Waals surface area contributed by atoms with E-state index >= 15 is 0 Å². The monoisotopic (exact) mass is 190 g/mol. The van der Waals surface area contributed by atoms with Crippen molar-refractivity contribution in [3.63, 3.8) is 0 Å². The van der Waals surface area contributed by atoms with Gasteiger partial charge in [0, 0.05) is 5.92 Å². The number of rotatable bonds is 1. The summed E-state index contributed by atoms with van der Waals surface area (Å²) >= 11 is 0. The molecule has 0 spiro atoms. The van der Waals surface area contributed by atoms with E-state index in [1.165, 1.54) is 16.7 Å². The summed E-state index contributed by atoms with van der Waals surface area (Å²) in [6.07, 6.45) is 1.51. The molecule has 1 heterocycles. The zero-order chi connectivity index (χ0) is 10.1. The van der Waals surface area contributed by atoms with Gasteiger partial charge in [0.2, 0.25) is 0 Å². The third kappa shape index (κ3) is 1.57. The molecule has 0 fully saturated rings. The standard InChI is InChI=1S/C13H18O/c1-4-13-10(3)12-7-9(2)5-6-11(12)8-14-13/h5-7,10,13H,4,8H2,1-3H3/t10-,13?/m0/s1. The van der Waals surface area contributed by atoms with Crippen molar-refractivity contribution < 1.29 is 4.74 Å². The highest BCUT2D eigenvalue weighted by atomic mass is 16.5. The molecule has 1 heteroatoms. The molecule has 1 aromatic rings. The van der Waals surface area contributed by atoms with Gasteiger partial charge in [-0.05, 0) is 24.5 Å². The number of ether oxygens (including phenoxy) is 1. The lowest BCUT2D eigenvalue weighted by atomic mass is 9.87. The molecule has 76 valence electrons. The van der Waals surface area contributed by atoms with Gasteiger partial charge in [0.15, 0.2) is 0 Å². The molecule has 2 rings (SSSR count). The maximum Gasteiger partial charge on any atom is 0.0723 e. The van der Waals surface area contributed by atoms with Gasteiger partial charge in [-0.3, -0.25) is 0 Å².